The Balaban J connectivity index is 2.00. The summed E-state index contributed by atoms with van der Waals surface area (Å²) >= 11 is 0. The highest BCUT2D eigenvalue weighted by Gasteiger charge is 2.47. The molecule has 1 aliphatic rings. The maximum Gasteiger partial charge on any atom is 0.280 e. The van der Waals surface area contributed by atoms with Gasteiger partial charge in [-0.2, -0.15) is 0 Å². The van der Waals surface area contributed by atoms with Crippen molar-refractivity contribution in [2.45, 2.75) is 18.9 Å². The summed E-state index contributed by atoms with van der Waals surface area (Å²) < 4.78 is 0. The maximum atomic E-state index is 12.5. The van der Waals surface area contributed by atoms with Gasteiger partial charge in [0.15, 0.2) is 11.4 Å². The molecule has 2 aromatic rings. The van der Waals surface area contributed by atoms with E-state index in [0.29, 0.717) is 11.3 Å². The van der Waals surface area contributed by atoms with Crippen LogP contribution in [0.1, 0.15) is 27.9 Å². The number of anilines is 1. The topological polar surface area (TPSA) is 110 Å². The van der Waals surface area contributed by atoms with E-state index in [0.717, 1.165) is 5.56 Å². The molecule has 1 unspecified atom stereocenters. The highest BCUT2D eigenvalue weighted by Crippen LogP contribution is 2.40. The number of aliphatic hydroxyl groups is 1. The molecular weight excluding hydrogens is 312 g/mol. The number of carbonyl (C=O) groups excluding carboxylic acids is 2. The van der Waals surface area contributed by atoms with Gasteiger partial charge in [0.05, 0.1) is 16.9 Å². The van der Waals surface area contributed by atoms with Gasteiger partial charge in [-0.3, -0.25) is 19.7 Å². The lowest BCUT2D eigenvalue weighted by molar-refractivity contribution is -0.385. The first-order valence-corrected chi connectivity index (χ1v) is 7.24. The first-order chi connectivity index (χ1) is 11.3. The molecule has 1 aliphatic heterocycles. The van der Waals surface area contributed by atoms with E-state index in [9.17, 15) is 24.8 Å². The minimum atomic E-state index is -2.04. The normalized spacial score (nSPS) is 18.8. The molecule has 24 heavy (non-hydrogen) atoms. The Labute approximate surface area is 137 Å². The van der Waals surface area contributed by atoms with Crippen LogP contribution in [0.3, 0.4) is 0 Å². The standard InChI is InChI=1S/C17H14N2O5/c1-10-6-7-13-12(8-10)17(22,16(21)18-13)9-15(20)11-4-2-3-5-14(11)19(23)24/h2-8,22H,9H2,1H3,(H,18,21). The van der Waals surface area contributed by atoms with Gasteiger partial charge in [0.1, 0.15) is 0 Å². The van der Waals surface area contributed by atoms with Crippen molar-refractivity contribution < 1.29 is 19.6 Å². The fourth-order valence-corrected chi connectivity index (χ4v) is 2.83. The van der Waals surface area contributed by atoms with E-state index >= 15 is 0 Å². The molecule has 0 aromatic heterocycles. The lowest BCUT2D eigenvalue weighted by atomic mass is 9.87. The molecule has 3 rings (SSSR count). The van der Waals surface area contributed by atoms with Crippen molar-refractivity contribution in [1.82, 2.24) is 0 Å². The van der Waals surface area contributed by atoms with Gasteiger partial charge in [-0.25, -0.2) is 0 Å². The number of benzene rings is 2. The highest BCUT2D eigenvalue weighted by molar-refractivity contribution is 6.10. The maximum absolute atomic E-state index is 12.5. The van der Waals surface area contributed by atoms with Gasteiger partial charge < -0.3 is 10.4 Å². The van der Waals surface area contributed by atoms with Crippen LogP contribution in [-0.4, -0.2) is 21.7 Å². The largest absolute Gasteiger partial charge is 0.375 e. The molecule has 0 saturated heterocycles. The van der Waals surface area contributed by atoms with Crippen molar-refractivity contribution in [3.63, 3.8) is 0 Å². The summed E-state index contributed by atoms with van der Waals surface area (Å²) in [6.07, 6.45) is -0.569. The van der Waals surface area contributed by atoms with Gasteiger partial charge in [-0.15, -0.1) is 0 Å². The van der Waals surface area contributed by atoms with Gasteiger partial charge >= 0.3 is 0 Å². The molecule has 2 N–H and O–H groups in total. The summed E-state index contributed by atoms with van der Waals surface area (Å²) in [5.74, 6) is -1.38. The van der Waals surface area contributed by atoms with Crippen molar-refractivity contribution in [1.29, 1.82) is 0 Å². The Hall–Kier alpha value is -3.06. The minimum absolute atomic E-state index is 0.134. The average Bonchev–Trinajstić information content (AvgIpc) is 2.78. The number of carbonyl (C=O) groups is 2. The second-order valence-electron chi connectivity index (χ2n) is 5.74. The van der Waals surface area contributed by atoms with Crippen molar-refractivity contribution in [2.75, 3.05) is 5.32 Å². The molecule has 7 heteroatoms. The molecule has 0 aliphatic carbocycles. The Bertz CT molecular complexity index is 877. The first-order valence-electron chi connectivity index (χ1n) is 7.24. The molecule has 0 saturated carbocycles. The van der Waals surface area contributed by atoms with Gasteiger partial charge in [-0.05, 0) is 19.1 Å². The molecule has 0 fully saturated rings. The molecule has 7 nitrogen and oxygen atoms in total. The summed E-state index contributed by atoms with van der Waals surface area (Å²) in [7, 11) is 0. The number of hydrogen-bond donors (Lipinski definition) is 2. The average molecular weight is 326 g/mol. The number of hydrogen-bond acceptors (Lipinski definition) is 5. The van der Waals surface area contributed by atoms with Crippen LogP contribution in [-0.2, 0) is 10.4 Å². The third-order valence-electron chi connectivity index (χ3n) is 4.06. The van der Waals surface area contributed by atoms with Crippen molar-refractivity contribution in [2.24, 2.45) is 0 Å². The van der Waals surface area contributed by atoms with Gasteiger partial charge in [-0.1, -0.05) is 29.8 Å². The van der Waals surface area contributed by atoms with Crippen molar-refractivity contribution in [3.8, 4) is 0 Å². The molecule has 0 spiro atoms. The second-order valence-corrected chi connectivity index (χ2v) is 5.74. The van der Waals surface area contributed by atoms with Crippen LogP contribution in [0.15, 0.2) is 42.5 Å². The minimum Gasteiger partial charge on any atom is -0.375 e. The number of ketones is 1. The quantitative estimate of drug-likeness (QED) is 0.509. The number of para-hydroxylation sites is 1. The third kappa shape index (κ3) is 2.44. The Morgan fingerprint density at radius 2 is 2.00 bits per heavy atom. The highest BCUT2D eigenvalue weighted by atomic mass is 16.6. The van der Waals surface area contributed by atoms with E-state index in [-0.39, 0.29) is 11.3 Å². The number of nitro benzene ring substituents is 1. The number of amides is 1. The van der Waals surface area contributed by atoms with Crippen LogP contribution in [0.4, 0.5) is 11.4 Å². The molecular formula is C17H14N2O5. The predicted molar refractivity (Wildman–Crippen MR) is 85.7 cm³/mol. The van der Waals surface area contributed by atoms with Gasteiger partial charge in [0, 0.05) is 17.3 Å². The van der Waals surface area contributed by atoms with Crippen LogP contribution in [0, 0.1) is 17.0 Å². The van der Waals surface area contributed by atoms with Crippen LogP contribution in [0.25, 0.3) is 0 Å². The molecule has 1 amide bonds. The van der Waals surface area contributed by atoms with Crippen molar-refractivity contribution >= 4 is 23.1 Å². The molecule has 1 heterocycles. The zero-order chi connectivity index (χ0) is 17.5. The van der Waals surface area contributed by atoms with E-state index in [1.54, 1.807) is 25.1 Å². The van der Waals surface area contributed by atoms with Gasteiger partial charge in [0.25, 0.3) is 11.6 Å². The van der Waals surface area contributed by atoms with E-state index in [2.05, 4.69) is 5.32 Å². The smallest absolute Gasteiger partial charge is 0.280 e. The Morgan fingerprint density at radius 3 is 2.71 bits per heavy atom. The van der Waals surface area contributed by atoms with Gasteiger partial charge in [0.2, 0.25) is 0 Å². The SMILES string of the molecule is Cc1ccc2c(c1)C(O)(CC(=O)c1ccccc1[N+](=O)[O-])C(=O)N2. The Kier molecular flexibility index (Phi) is 3.65. The predicted octanol–water partition coefficient (Wildman–Crippen LogP) is 2.32. The summed E-state index contributed by atoms with van der Waals surface area (Å²) in [5, 5.41) is 24.4. The van der Waals surface area contributed by atoms with Crippen LogP contribution < -0.4 is 5.32 Å². The fraction of sp³-hybridized carbons (Fsp3) is 0.176. The van der Waals surface area contributed by atoms with E-state index in [1.165, 1.54) is 24.3 Å². The molecule has 2 aromatic carbocycles. The molecule has 1 atom stereocenters. The van der Waals surface area contributed by atoms with Crippen LogP contribution in [0.2, 0.25) is 0 Å². The molecule has 0 bridgehead atoms. The van der Waals surface area contributed by atoms with Crippen LogP contribution in [0.5, 0.6) is 0 Å². The zero-order valence-electron chi connectivity index (χ0n) is 12.8. The summed E-state index contributed by atoms with van der Waals surface area (Å²) in [6.45, 7) is 1.80. The molecule has 0 radical (unpaired) electrons. The monoisotopic (exact) mass is 326 g/mol. The first kappa shape index (κ1) is 15.8. The number of nitro groups is 1. The zero-order valence-corrected chi connectivity index (χ0v) is 12.8. The van der Waals surface area contributed by atoms with Crippen LogP contribution >= 0.6 is 0 Å². The lowest BCUT2D eigenvalue weighted by Crippen LogP contribution is -2.36. The lowest BCUT2D eigenvalue weighted by Gasteiger charge is -2.20. The van der Waals surface area contributed by atoms with E-state index < -0.39 is 28.6 Å². The van der Waals surface area contributed by atoms with E-state index in [1.807, 2.05) is 0 Å². The van der Waals surface area contributed by atoms with Crippen molar-refractivity contribution in [3.05, 3.63) is 69.3 Å². The van der Waals surface area contributed by atoms with E-state index in [4.69, 9.17) is 0 Å². The number of Topliss-reactive ketones (excluding diaryl/α,β-unsaturated/α-hetero) is 1. The summed E-state index contributed by atoms with van der Waals surface area (Å²) in [5.41, 5.74) is -0.967. The summed E-state index contributed by atoms with van der Waals surface area (Å²) in [6, 6.07) is 10.5. The number of aryl methyl sites for hydroxylation is 1. The Morgan fingerprint density at radius 1 is 1.29 bits per heavy atom. The molecule has 122 valence electrons. The number of nitrogens with zero attached hydrogens (tertiary/aromatic N) is 1. The number of rotatable bonds is 4. The number of fused-ring (bicyclic) bond motifs is 1. The number of nitrogens with one attached hydrogen (secondary N) is 1. The third-order valence-corrected chi connectivity index (χ3v) is 4.06. The second kappa shape index (κ2) is 5.54. The fourth-order valence-electron chi connectivity index (χ4n) is 2.83. The summed E-state index contributed by atoms with van der Waals surface area (Å²) in [4.78, 5) is 35.1.